The van der Waals surface area contributed by atoms with Crippen molar-refractivity contribution >= 4 is 11.8 Å². The number of aryl methyl sites for hydroxylation is 1. The SMILES string of the molecule is CSC1CCCCC1NCCCn1ccnc1. The molecule has 96 valence electrons. The average molecular weight is 253 g/mol. The zero-order valence-corrected chi connectivity index (χ0v) is 11.5. The maximum Gasteiger partial charge on any atom is 0.0945 e. The minimum atomic E-state index is 0.738. The Morgan fingerprint density at radius 1 is 1.41 bits per heavy atom. The maximum absolute atomic E-state index is 4.06. The van der Waals surface area contributed by atoms with E-state index < -0.39 is 0 Å². The Bertz CT molecular complexity index is 300. The zero-order valence-electron chi connectivity index (χ0n) is 10.6. The molecular formula is C13H23N3S. The van der Waals surface area contributed by atoms with Crippen LogP contribution in [0.5, 0.6) is 0 Å². The molecule has 1 heterocycles. The smallest absolute Gasteiger partial charge is 0.0945 e. The lowest BCUT2D eigenvalue weighted by Crippen LogP contribution is -2.41. The molecule has 1 aliphatic carbocycles. The number of hydrogen-bond acceptors (Lipinski definition) is 3. The summed E-state index contributed by atoms with van der Waals surface area (Å²) in [7, 11) is 0. The first-order valence-electron chi connectivity index (χ1n) is 6.62. The number of thioether (sulfide) groups is 1. The highest BCUT2D eigenvalue weighted by atomic mass is 32.2. The van der Waals surface area contributed by atoms with Crippen LogP contribution in [0.15, 0.2) is 18.7 Å². The molecule has 1 saturated carbocycles. The number of rotatable bonds is 6. The third kappa shape index (κ3) is 4.03. The lowest BCUT2D eigenvalue weighted by Gasteiger charge is -2.31. The molecule has 4 heteroatoms. The van der Waals surface area contributed by atoms with Gasteiger partial charge in [0.2, 0.25) is 0 Å². The predicted molar refractivity (Wildman–Crippen MR) is 74.4 cm³/mol. The monoisotopic (exact) mass is 253 g/mol. The Morgan fingerprint density at radius 2 is 2.29 bits per heavy atom. The van der Waals surface area contributed by atoms with E-state index in [1.54, 1.807) is 0 Å². The second kappa shape index (κ2) is 7.07. The minimum absolute atomic E-state index is 0.738. The van der Waals surface area contributed by atoms with Gasteiger partial charge in [-0.3, -0.25) is 0 Å². The van der Waals surface area contributed by atoms with E-state index in [1.807, 2.05) is 30.5 Å². The first kappa shape index (κ1) is 13.0. The van der Waals surface area contributed by atoms with Crippen molar-refractivity contribution in [3.05, 3.63) is 18.7 Å². The van der Waals surface area contributed by atoms with Gasteiger partial charge in [0.1, 0.15) is 0 Å². The molecule has 0 radical (unpaired) electrons. The van der Waals surface area contributed by atoms with Crippen molar-refractivity contribution in [2.75, 3.05) is 12.8 Å². The van der Waals surface area contributed by atoms with Crippen molar-refractivity contribution in [1.82, 2.24) is 14.9 Å². The van der Waals surface area contributed by atoms with Crippen LogP contribution in [0, 0.1) is 0 Å². The van der Waals surface area contributed by atoms with Crippen LogP contribution >= 0.6 is 11.8 Å². The lowest BCUT2D eigenvalue weighted by atomic mass is 9.95. The fourth-order valence-corrected chi connectivity index (χ4v) is 3.54. The summed E-state index contributed by atoms with van der Waals surface area (Å²) >= 11 is 2.03. The van der Waals surface area contributed by atoms with Crippen molar-refractivity contribution in [3.63, 3.8) is 0 Å². The first-order valence-corrected chi connectivity index (χ1v) is 7.91. The summed E-state index contributed by atoms with van der Waals surface area (Å²) in [6.45, 7) is 2.20. The molecule has 1 N–H and O–H groups in total. The van der Waals surface area contributed by atoms with E-state index in [2.05, 4.69) is 21.1 Å². The molecule has 2 atom stereocenters. The zero-order chi connectivity index (χ0) is 11.9. The Balaban J connectivity index is 1.63. The topological polar surface area (TPSA) is 29.9 Å². The van der Waals surface area contributed by atoms with Gasteiger partial charge < -0.3 is 9.88 Å². The predicted octanol–water partition coefficient (Wildman–Crippen LogP) is 2.54. The fourth-order valence-electron chi connectivity index (χ4n) is 2.58. The van der Waals surface area contributed by atoms with Gasteiger partial charge in [-0.05, 0) is 32.1 Å². The summed E-state index contributed by atoms with van der Waals surface area (Å²) in [6, 6.07) is 0.738. The Morgan fingerprint density at radius 3 is 3.06 bits per heavy atom. The summed E-state index contributed by atoms with van der Waals surface area (Å²) in [4.78, 5) is 4.06. The first-order chi connectivity index (χ1) is 8.40. The van der Waals surface area contributed by atoms with E-state index in [-0.39, 0.29) is 0 Å². The van der Waals surface area contributed by atoms with Crippen LogP contribution in [0.2, 0.25) is 0 Å². The van der Waals surface area contributed by atoms with E-state index in [4.69, 9.17) is 0 Å². The Labute approximate surface area is 108 Å². The third-order valence-electron chi connectivity index (χ3n) is 3.56. The molecule has 0 saturated heterocycles. The van der Waals surface area contributed by atoms with E-state index >= 15 is 0 Å². The highest BCUT2D eigenvalue weighted by Gasteiger charge is 2.23. The lowest BCUT2D eigenvalue weighted by molar-refractivity contribution is 0.379. The summed E-state index contributed by atoms with van der Waals surface area (Å²) in [5.41, 5.74) is 0. The number of hydrogen-bond donors (Lipinski definition) is 1. The molecule has 1 fully saturated rings. The van der Waals surface area contributed by atoms with E-state index in [0.29, 0.717) is 0 Å². The Kier molecular flexibility index (Phi) is 5.39. The summed E-state index contributed by atoms with van der Waals surface area (Å²) < 4.78 is 2.15. The number of aromatic nitrogens is 2. The van der Waals surface area contributed by atoms with Gasteiger partial charge >= 0.3 is 0 Å². The van der Waals surface area contributed by atoms with Crippen LogP contribution in [0.4, 0.5) is 0 Å². The van der Waals surface area contributed by atoms with Crippen molar-refractivity contribution in [2.24, 2.45) is 0 Å². The van der Waals surface area contributed by atoms with Gasteiger partial charge in [-0.2, -0.15) is 11.8 Å². The average Bonchev–Trinajstić information content (AvgIpc) is 2.88. The maximum atomic E-state index is 4.06. The van der Waals surface area contributed by atoms with Crippen LogP contribution in [-0.2, 0) is 6.54 Å². The van der Waals surface area contributed by atoms with Gasteiger partial charge in [-0.1, -0.05) is 12.8 Å². The van der Waals surface area contributed by atoms with Crippen molar-refractivity contribution in [2.45, 2.75) is 49.9 Å². The molecule has 0 aromatic carbocycles. The molecule has 1 aliphatic rings. The largest absolute Gasteiger partial charge is 0.337 e. The second-order valence-corrected chi connectivity index (χ2v) is 5.85. The highest BCUT2D eigenvalue weighted by molar-refractivity contribution is 7.99. The number of imidazole rings is 1. The van der Waals surface area contributed by atoms with Gasteiger partial charge in [0.25, 0.3) is 0 Å². The standard InChI is InChI=1S/C13H23N3S/c1-17-13-6-3-2-5-12(13)15-7-4-9-16-10-8-14-11-16/h8,10-13,15H,2-7,9H2,1H3. The van der Waals surface area contributed by atoms with Gasteiger partial charge in [-0.25, -0.2) is 4.98 Å². The van der Waals surface area contributed by atoms with Gasteiger partial charge in [0.05, 0.1) is 6.33 Å². The third-order valence-corrected chi connectivity index (χ3v) is 4.73. The molecule has 0 spiro atoms. The van der Waals surface area contributed by atoms with E-state index in [0.717, 1.165) is 24.4 Å². The summed E-state index contributed by atoms with van der Waals surface area (Å²) in [6.07, 6.45) is 14.8. The Hall–Kier alpha value is -0.480. The highest BCUT2D eigenvalue weighted by Crippen LogP contribution is 2.26. The van der Waals surface area contributed by atoms with Crippen LogP contribution in [0.1, 0.15) is 32.1 Å². The molecule has 0 bridgehead atoms. The van der Waals surface area contributed by atoms with Gasteiger partial charge in [0.15, 0.2) is 0 Å². The molecule has 0 amide bonds. The molecule has 2 unspecified atom stereocenters. The van der Waals surface area contributed by atoms with Crippen LogP contribution in [0.25, 0.3) is 0 Å². The van der Waals surface area contributed by atoms with Gasteiger partial charge in [0, 0.05) is 30.2 Å². The van der Waals surface area contributed by atoms with E-state index in [9.17, 15) is 0 Å². The molecular weight excluding hydrogens is 230 g/mol. The number of nitrogens with one attached hydrogen (secondary N) is 1. The van der Waals surface area contributed by atoms with Crippen molar-refractivity contribution < 1.29 is 0 Å². The van der Waals surface area contributed by atoms with Crippen LogP contribution in [-0.4, -0.2) is 33.6 Å². The molecule has 2 rings (SSSR count). The second-order valence-electron chi connectivity index (χ2n) is 4.77. The van der Waals surface area contributed by atoms with E-state index in [1.165, 1.54) is 32.1 Å². The van der Waals surface area contributed by atoms with Gasteiger partial charge in [-0.15, -0.1) is 0 Å². The summed E-state index contributed by atoms with van der Waals surface area (Å²) in [5.74, 6) is 0. The minimum Gasteiger partial charge on any atom is -0.337 e. The molecule has 17 heavy (non-hydrogen) atoms. The quantitative estimate of drug-likeness (QED) is 0.790. The summed E-state index contributed by atoms with van der Waals surface area (Å²) in [5, 5.41) is 4.56. The molecule has 1 aromatic rings. The molecule has 1 aromatic heterocycles. The van der Waals surface area contributed by atoms with Crippen molar-refractivity contribution in [1.29, 1.82) is 0 Å². The van der Waals surface area contributed by atoms with Crippen LogP contribution in [0.3, 0.4) is 0 Å². The fraction of sp³-hybridized carbons (Fsp3) is 0.769. The molecule has 0 aliphatic heterocycles. The van der Waals surface area contributed by atoms with Crippen LogP contribution < -0.4 is 5.32 Å². The number of nitrogens with zero attached hydrogens (tertiary/aromatic N) is 2. The molecule has 3 nitrogen and oxygen atoms in total. The normalized spacial score (nSPS) is 25.0. The van der Waals surface area contributed by atoms with Crippen molar-refractivity contribution in [3.8, 4) is 0 Å².